The van der Waals surface area contributed by atoms with Crippen LogP contribution >= 0.6 is 0 Å². The van der Waals surface area contributed by atoms with Gasteiger partial charge < -0.3 is 14.4 Å². The average Bonchev–Trinajstić information content (AvgIpc) is 4.01. The molecule has 1 heterocycles. The Labute approximate surface area is 395 Å². The SMILES string of the molecule is c1ccc(N(c2ccccc2)c2ccc3c(c2)C2(c4ccccc4-3)c3ccccc3-c3cc(N(c4ccccc4)c4ccc5c(c4)c4ccccc4n5-c4ccccc4)c4ccccc4c32)cc1. The number of aromatic nitrogens is 1. The van der Waals surface area contributed by atoms with Crippen LogP contribution in [0.5, 0.6) is 0 Å². The predicted octanol–water partition coefficient (Wildman–Crippen LogP) is 17.2. The van der Waals surface area contributed by atoms with E-state index in [1.54, 1.807) is 0 Å². The Morgan fingerprint density at radius 2 is 0.750 bits per heavy atom. The molecule has 0 saturated carbocycles. The van der Waals surface area contributed by atoms with Gasteiger partial charge in [-0.25, -0.2) is 0 Å². The molecule has 2 aliphatic rings. The molecule has 0 amide bonds. The summed E-state index contributed by atoms with van der Waals surface area (Å²) < 4.78 is 2.39. The van der Waals surface area contributed by atoms with Crippen LogP contribution in [-0.4, -0.2) is 4.57 Å². The van der Waals surface area contributed by atoms with E-state index in [1.165, 1.54) is 77.1 Å². The first-order chi connectivity index (χ1) is 33.8. The molecule has 3 nitrogen and oxygen atoms in total. The van der Waals surface area contributed by atoms with Crippen LogP contribution in [0.25, 0.3) is 60.5 Å². The van der Waals surface area contributed by atoms with Gasteiger partial charge in [-0.2, -0.15) is 0 Å². The first kappa shape index (κ1) is 38.4. The van der Waals surface area contributed by atoms with E-state index in [9.17, 15) is 0 Å². The maximum Gasteiger partial charge on any atom is 0.0732 e. The van der Waals surface area contributed by atoms with E-state index >= 15 is 0 Å². The van der Waals surface area contributed by atoms with Crippen molar-refractivity contribution in [2.75, 3.05) is 9.80 Å². The number of hydrogen-bond acceptors (Lipinski definition) is 2. The smallest absolute Gasteiger partial charge is 0.0732 e. The van der Waals surface area contributed by atoms with E-state index in [4.69, 9.17) is 0 Å². The summed E-state index contributed by atoms with van der Waals surface area (Å²) in [5, 5.41) is 4.89. The molecule has 12 aromatic rings. The lowest BCUT2D eigenvalue weighted by atomic mass is 9.69. The number of fused-ring (bicyclic) bond motifs is 15. The summed E-state index contributed by atoms with van der Waals surface area (Å²) in [6.07, 6.45) is 0. The largest absolute Gasteiger partial charge is 0.310 e. The Morgan fingerprint density at radius 1 is 0.279 bits per heavy atom. The van der Waals surface area contributed by atoms with Gasteiger partial charge >= 0.3 is 0 Å². The molecule has 0 saturated heterocycles. The molecule has 1 atom stereocenters. The number of benzene rings is 11. The van der Waals surface area contributed by atoms with E-state index in [1.807, 2.05) is 0 Å². The topological polar surface area (TPSA) is 11.4 Å². The second-order valence-corrected chi connectivity index (χ2v) is 18.0. The summed E-state index contributed by atoms with van der Waals surface area (Å²) in [5.74, 6) is 0. The summed E-state index contributed by atoms with van der Waals surface area (Å²) in [7, 11) is 0. The van der Waals surface area contributed by atoms with Gasteiger partial charge in [0, 0.05) is 50.3 Å². The molecule has 1 aromatic heterocycles. The monoisotopic (exact) mass is 865 g/mol. The third-order valence-electron chi connectivity index (χ3n) is 14.5. The van der Waals surface area contributed by atoms with Crippen LogP contribution in [0.1, 0.15) is 22.3 Å². The first-order valence-electron chi connectivity index (χ1n) is 23.5. The van der Waals surface area contributed by atoms with Crippen LogP contribution < -0.4 is 9.80 Å². The minimum absolute atomic E-state index is 0.583. The normalized spacial score (nSPS) is 14.2. The third-order valence-corrected chi connectivity index (χ3v) is 14.5. The summed E-state index contributed by atoms with van der Waals surface area (Å²) in [4.78, 5) is 4.88. The molecule has 2 aliphatic carbocycles. The Kier molecular flexibility index (Phi) is 8.50. The maximum absolute atomic E-state index is 2.50. The molecule has 0 fully saturated rings. The van der Waals surface area contributed by atoms with Gasteiger partial charge in [0.15, 0.2) is 0 Å². The second-order valence-electron chi connectivity index (χ2n) is 18.0. The molecule has 0 aliphatic heterocycles. The van der Waals surface area contributed by atoms with Gasteiger partial charge in [0.05, 0.1) is 22.1 Å². The number of nitrogens with zero attached hydrogens (tertiary/aromatic N) is 3. The molecule has 11 aromatic carbocycles. The lowest BCUT2D eigenvalue weighted by Crippen LogP contribution is -2.26. The second kappa shape index (κ2) is 15.1. The van der Waals surface area contributed by atoms with Crippen LogP contribution in [0.3, 0.4) is 0 Å². The lowest BCUT2D eigenvalue weighted by Gasteiger charge is -2.34. The highest BCUT2D eigenvalue weighted by molar-refractivity contribution is 6.13. The van der Waals surface area contributed by atoms with Crippen LogP contribution in [0.2, 0.25) is 0 Å². The van der Waals surface area contributed by atoms with Gasteiger partial charge in [0.1, 0.15) is 0 Å². The molecule has 1 unspecified atom stereocenters. The molecular formula is C65H43N3. The molecule has 14 rings (SSSR count). The van der Waals surface area contributed by atoms with Gasteiger partial charge in [-0.05, 0) is 141 Å². The van der Waals surface area contributed by atoms with Gasteiger partial charge in [-0.15, -0.1) is 0 Å². The highest BCUT2D eigenvalue weighted by atomic mass is 15.1. The van der Waals surface area contributed by atoms with Gasteiger partial charge in [0.2, 0.25) is 0 Å². The summed E-state index contributed by atoms with van der Waals surface area (Å²) in [5.41, 5.74) is 20.0. The van der Waals surface area contributed by atoms with Crippen molar-refractivity contribution >= 4 is 66.7 Å². The lowest BCUT2D eigenvalue weighted by molar-refractivity contribution is 0.801. The van der Waals surface area contributed by atoms with Gasteiger partial charge in [0.25, 0.3) is 0 Å². The third kappa shape index (κ3) is 5.47. The van der Waals surface area contributed by atoms with Gasteiger partial charge in [-0.1, -0.05) is 170 Å². The van der Waals surface area contributed by atoms with Crippen molar-refractivity contribution in [1.29, 1.82) is 0 Å². The fourth-order valence-corrected chi connectivity index (χ4v) is 11.9. The summed E-state index contributed by atoms with van der Waals surface area (Å²) >= 11 is 0. The van der Waals surface area contributed by atoms with Crippen molar-refractivity contribution in [3.05, 3.63) is 283 Å². The minimum Gasteiger partial charge on any atom is -0.310 e. The molecule has 0 bridgehead atoms. The van der Waals surface area contributed by atoms with Crippen LogP contribution in [-0.2, 0) is 5.41 Å². The zero-order chi connectivity index (χ0) is 44.8. The zero-order valence-electron chi connectivity index (χ0n) is 37.2. The van der Waals surface area contributed by atoms with Crippen molar-refractivity contribution in [2.24, 2.45) is 0 Å². The van der Waals surface area contributed by atoms with Crippen molar-refractivity contribution in [3.8, 4) is 27.9 Å². The number of hydrogen-bond donors (Lipinski definition) is 0. The van der Waals surface area contributed by atoms with Crippen molar-refractivity contribution in [1.82, 2.24) is 4.57 Å². The Balaban J connectivity index is 1.05. The van der Waals surface area contributed by atoms with E-state index in [-0.39, 0.29) is 0 Å². The molecule has 1 spiro atoms. The number of anilines is 6. The predicted molar refractivity (Wildman–Crippen MR) is 284 cm³/mol. The Bertz CT molecular complexity index is 3870. The number of rotatable bonds is 7. The Hall–Kier alpha value is -8.92. The highest BCUT2D eigenvalue weighted by Gasteiger charge is 2.53. The highest BCUT2D eigenvalue weighted by Crippen LogP contribution is 2.65. The summed E-state index contributed by atoms with van der Waals surface area (Å²) in [6.45, 7) is 0. The quantitative estimate of drug-likeness (QED) is 0.158. The minimum atomic E-state index is -0.583. The van der Waals surface area contributed by atoms with Crippen LogP contribution in [0.4, 0.5) is 34.1 Å². The van der Waals surface area contributed by atoms with Crippen LogP contribution in [0.15, 0.2) is 261 Å². The van der Waals surface area contributed by atoms with Crippen molar-refractivity contribution in [2.45, 2.75) is 5.41 Å². The number of para-hydroxylation sites is 5. The standard InChI is InChI=1S/C65H43N3/c1-5-21-44(22-6-1)66(45-23-7-2-8-24-45)49-37-39-52-50-29-15-18-34-58(50)65(60(52)42-49)59-35-19-16-30-51(59)57-43-63(53-31-13-14-33-55(53)64(57)65)67(46-25-9-3-10-26-46)48-38-40-62-56(41-48)54-32-17-20-36-61(54)68(62)47-27-11-4-12-28-47/h1-43H. The molecular weight excluding hydrogens is 823 g/mol. The van der Waals surface area contributed by atoms with Crippen molar-refractivity contribution < 1.29 is 0 Å². The molecule has 318 valence electrons. The molecule has 0 radical (unpaired) electrons. The molecule has 68 heavy (non-hydrogen) atoms. The maximum atomic E-state index is 2.50. The Morgan fingerprint density at radius 3 is 1.41 bits per heavy atom. The van der Waals surface area contributed by atoms with Crippen molar-refractivity contribution in [3.63, 3.8) is 0 Å². The van der Waals surface area contributed by atoms with Crippen LogP contribution in [0, 0.1) is 0 Å². The van der Waals surface area contributed by atoms with E-state index in [0.29, 0.717) is 0 Å². The average molecular weight is 866 g/mol. The molecule has 0 N–H and O–H groups in total. The summed E-state index contributed by atoms with van der Waals surface area (Å²) in [6, 6.07) is 96.1. The fraction of sp³-hybridized carbons (Fsp3) is 0.0154. The first-order valence-corrected chi connectivity index (χ1v) is 23.5. The van der Waals surface area contributed by atoms with E-state index < -0.39 is 5.41 Å². The molecule has 3 heteroatoms. The van der Waals surface area contributed by atoms with Gasteiger partial charge in [-0.3, -0.25) is 0 Å². The fourth-order valence-electron chi connectivity index (χ4n) is 11.9. The van der Waals surface area contributed by atoms with E-state index in [2.05, 4.69) is 275 Å². The zero-order valence-corrected chi connectivity index (χ0v) is 37.2. The van der Waals surface area contributed by atoms with E-state index in [0.717, 1.165) is 39.8 Å².